The van der Waals surface area contributed by atoms with Crippen molar-refractivity contribution < 1.29 is 18.3 Å². The highest BCUT2D eigenvalue weighted by Crippen LogP contribution is 2.36. The lowest BCUT2D eigenvalue weighted by molar-refractivity contribution is -0.137. The normalized spacial score (nSPS) is 20.2. The lowest BCUT2D eigenvalue weighted by Crippen LogP contribution is -2.40. The van der Waals surface area contributed by atoms with Gasteiger partial charge >= 0.3 is 5.97 Å². The molecule has 1 aromatic heterocycles. The number of aliphatic imine (C=N–C) groups is 1. The van der Waals surface area contributed by atoms with Gasteiger partial charge in [0.15, 0.2) is 0 Å². The van der Waals surface area contributed by atoms with Crippen LogP contribution in [0.5, 0.6) is 0 Å². The largest absolute Gasteiger partial charge is 0.481 e. The molecule has 19 heavy (non-hydrogen) atoms. The molecule has 2 heterocycles. The van der Waals surface area contributed by atoms with Crippen LogP contribution in [0.3, 0.4) is 0 Å². The molecule has 1 aromatic rings. The Morgan fingerprint density at radius 3 is 2.95 bits per heavy atom. The number of aliphatic carboxylic acids is 1. The number of carbonyl (C=O) groups is 1. The Morgan fingerprint density at radius 1 is 1.63 bits per heavy atom. The third-order valence-corrected chi connectivity index (χ3v) is 4.91. The quantitative estimate of drug-likeness (QED) is 0.777. The van der Waals surface area contributed by atoms with Crippen LogP contribution in [0.25, 0.3) is 0 Å². The van der Waals surface area contributed by atoms with Crippen LogP contribution in [0.4, 0.5) is 5.00 Å². The summed E-state index contributed by atoms with van der Waals surface area (Å²) in [4.78, 5) is 14.6. The fraction of sp³-hybridized carbons (Fsp3) is 0.333. The molecule has 0 fully saturated rings. The third kappa shape index (κ3) is 3.17. The molecule has 0 saturated carbocycles. The van der Waals surface area contributed by atoms with Crippen LogP contribution in [0, 0.1) is 0 Å². The molecule has 2 rings (SSSR count). The summed E-state index contributed by atoms with van der Waals surface area (Å²) in [5.41, 5.74) is 0. The number of carboxylic acid groups (broad SMARTS) is 1. The first-order valence-corrected chi connectivity index (χ1v) is 7.84. The Kier molecular flexibility index (Phi) is 3.70. The molecule has 0 aromatic carbocycles. The average molecular weight is 324 g/mol. The van der Waals surface area contributed by atoms with Crippen molar-refractivity contribution in [2.45, 2.75) is 24.3 Å². The highest BCUT2D eigenvalue weighted by molar-refractivity contribution is 7.90. The summed E-state index contributed by atoms with van der Waals surface area (Å²) in [5, 5.41) is 11.8. The van der Waals surface area contributed by atoms with Crippen molar-refractivity contribution in [3.8, 4) is 0 Å². The van der Waals surface area contributed by atoms with E-state index in [9.17, 15) is 13.2 Å². The second-order valence-corrected chi connectivity index (χ2v) is 7.23. The highest BCUT2D eigenvalue weighted by atomic mass is 35.5. The minimum atomic E-state index is -3.71. The Bertz CT molecular complexity index is 652. The van der Waals surface area contributed by atoms with Crippen LogP contribution >= 0.6 is 22.9 Å². The van der Waals surface area contributed by atoms with Gasteiger partial charge in [0, 0.05) is 0 Å². The first kappa shape index (κ1) is 14.1. The minimum absolute atomic E-state index is 0.000216. The second-order valence-electron chi connectivity index (χ2n) is 3.90. The second kappa shape index (κ2) is 4.99. The molecule has 0 spiro atoms. The predicted octanol–water partition coefficient (Wildman–Crippen LogP) is 1.32. The van der Waals surface area contributed by atoms with Crippen LogP contribution in [0.1, 0.15) is 13.3 Å². The zero-order chi connectivity index (χ0) is 14.2. The molecule has 3 N–H and O–H groups in total. The van der Waals surface area contributed by atoms with E-state index in [-0.39, 0.29) is 17.3 Å². The van der Waals surface area contributed by atoms with Gasteiger partial charge in [0.2, 0.25) is 5.96 Å². The Morgan fingerprint density at radius 2 is 2.32 bits per heavy atom. The Balaban J connectivity index is 2.29. The van der Waals surface area contributed by atoms with Gasteiger partial charge in [-0.3, -0.25) is 4.79 Å². The van der Waals surface area contributed by atoms with E-state index in [1.165, 1.54) is 6.07 Å². The van der Waals surface area contributed by atoms with Crippen molar-refractivity contribution >= 4 is 49.9 Å². The van der Waals surface area contributed by atoms with E-state index in [0.717, 1.165) is 11.3 Å². The van der Waals surface area contributed by atoms with Gasteiger partial charge in [-0.25, -0.2) is 18.1 Å². The van der Waals surface area contributed by atoms with Crippen molar-refractivity contribution in [1.82, 2.24) is 4.72 Å². The third-order valence-electron chi connectivity index (χ3n) is 2.24. The maximum Gasteiger partial charge on any atom is 0.305 e. The standard InChI is InChI=1S/C9H10ClN3O4S2/c1-4(2-7(14)15)11-9-12-8-5(3-6(10)18-8)19(16,17)13-9/h3-4H,2H2,1H3,(H,14,15)(H2,11,12,13). The van der Waals surface area contributed by atoms with E-state index in [0.29, 0.717) is 9.34 Å². The minimum Gasteiger partial charge on any atom is -0.481 e. The zero-order valence-electron chi connectivity index (χ0n) is 9.68. The average Bonchev–Trinajstić information content (AvgIpc) is 2.57. The summed E-state index contributed by atoms with van der Waals surface area (Å²) in [7, 11) is -3.71. The number of nitrogens with one attached hydrogen (secondary N) is 2. The van der Waals surface area contributed by atoms with Crippen LogP contribution in [-0.4, -0.2) is 31.5 Å². The molecule has 0 saturated heterocycles. The van der Waals surface area contributed by atoms with Crippen LogP contribution in [0.2, 0.25) is 4.34 Å². The molecule has 0 radical (unpaired) electrons. The number of halogens is 1. The first-order chi connectivity index (χ1) is 8.78. The molecule has 10 heteroatoms. The maximum absolute atomic E-state index is 11.9. The molecule has 1 unspecified atom stereocenters. The number of sulfonamides is 1. The smallest absolute Gasteiger partial charge is 0.305 e. The van der Waals surface area contributed by atoms with Gasteiger partial charge in [-0.05, 0) is 13.0 Å². The number of carboxylic acids is 1. The maximum atomic E-state index is 11.9. The molecule has 0 amide bonds. The Labute approximate surface area is 118 Å². The predicted molar refractivity (Wildman–Crippen MR) is 72.4 cm³/mol. The number of guanidine groups is 1. The Hall–Kier alpha value is -1.32. The van der Waals surface area contributed by atoms with Crippen LogP contribution in [-0.2, 0) is 14.8 Å². The van der Waals surface area contributed by atoms with E-state index >= 15 is 0 Å². The SMILES string of the molecule is CC(CC(=O)O)N=C1Nc2sc(Cl)cc2S(=O)(=O)N1. The molecule has 0 aliphatic carbocycles. The van der Waals surface area contributed by atoms with Gasteiger partial charge in [-0.2, -0.15) is 0 Å². The van der Waals surface area contributed by atoms with E-state index in [2.05, 4.69) is 15.0 Å². The van der Waals surface area contributed by atoms with Gasteiger partial charge in [0.25, 0.3) is 10.0 Å². The summed E-state index contributed by atoms with van der Waals surface area (Å²) < 4.78 is 26.4. The number of rotatable bonds is 3. The van der Waals surface area contributed by atoms with Gasteiger partial charge in [-0.1, -0.05) is 11.6 Å². The van der Waals surface area contributed by atoms with Crippen molar-refractivity contribution in [3.05, 3.63) is 10.4 Å². The van der Waals surface area contributed by atoms with E-state index < -0.39 is 22.0 Å². The monoisotopic (exact) mass is 323 g/mol. The lowest BCUT2D eigenvalue weighted by Gasteiger charge is -2.19. The van der Waals surface area contributed by atoms with E-state index in [4.69, 9.17) is 16.7 Å². The van der Waals surface area contributed by atoms with Crippen molar-refractivity contribution in [2.24, 2.45) is 4.99 Å². The summed E-state index contributed by atoms with van der Waals surface area (Å²) in [6.07, 6.45) is -0.190. The topological polar surface area (TPSA) is 108 Å². The number of anilines is 1. The van der Waals surface area contributed by atoms with Gasteiger partial charge < -0.3 is 10.4 Å². The first-order valence-electron chi connectivity index (χ1n) is 5.16. The summed E-state index contributed by atoms with van der Waals surface area (Å²) in [6.45, 7) is 1.58. The van der Waals surface area contributed by atoms with Crippen molar-refractivity contribution in [3.63, 3.8) is 0 Å². The van der Waals surface area contributed by atoms with Crippen molar-refractivity contribution in [1.29, 1.82) is 0 Å². The number of hydrogen-bond acceptors (Lipinski definition) is 5. The summed E-state index contributed by atoms with van der Waals surface area (Å²) in [5.74, 6) is -1.00. The fourth-order valence-corrected chi connectivity index (χ4v) is 4.17. The number of thiophene rings is 1. The molecule has 1 aliphatic rings. The number of hydrogen-bond donors (Lipinski definition) is 3. The molecule has 0 bridgehead atoms. The van der Waals surface area contributed by atoms with Gasteiger partial charge in [0.1, 0.15) is 9.90 Å². The fourth-order valence-electron chi connectivity index (χ4n) is 1.53. The molecular formula is C9H10ClN3O4S2. The molecule has 7 nitrogen and oxygen atoms in total. The van der Waals surface area contributed by atoms with Crippen LogP contribution in [0.15, 0.2) is 16.0 Å². The molecule has 104 valence electrons. The van der Waals surface area contributed by atoms with Gasteiger partial charge in [-0.15, -0.1) is 11.3 Å². The van der Waals surface area contributed by atoms with Crippen LogP contribution < -0.4 is 10.0 Å². The molecular weight excluding hydrogens is 314 g/mol. The zero-order valence-corrected chi connectivity index (χ0v) is 12.1. The van der Waals surface area contributed by atoms with E-state index in [1.807, 2.05) is 0 Å². The lowest BCUT2D eigenvalue weighted by atomic mass is 10.2. The summed E-state index contributed by atoms with van der Waals surface area (Å²) in [6, 6.07) is 0.786. The number of nitrogens with zero attached hydrogens (tertiary/aromatic N) is 1. The highest BCUT2D eigenvalue weighted by Gasteiger charge is 2.29. The summed E-state index contributed by atoms with van der Waals surface area (Å²) >= 11 is 6.84. The van der Waals surface area contributed by atoms with Crippen molar-refractivity contribution in [2.75, 3.05) is 5.32 Å². The molecule has 1 atom stereocenters. The number of fused-ring (bicyclic) bond motifs is 1. The van der Waals surface area contributed by atoms with Gasteiger partial charge in [0.05, 0.1) is 16.8 Å². The molecule has 1 aliphatic heterocycles. The van der Waals surface area contributed by atoms with E-state index in [1.54, 1.807) is 6.92 Å².